The monoisotopic (exact) mass is 366 g/mol. The van der Waals surface area contributed by atoms with Crippen molar-refractivity contribution < 1.29 is 14.7 Å². The first kappa shape index (κ1) is 19.0. The van der Waals surface area contributed by atoms with Gasteiger partial charge in [-0.15, -0.1) is 0 Å². The van der Waals surface area contributed by atoms with Crippen LogP contribution < -0.4 is 10.2 Å². The normalized spacial score (nSPS) is 16.0. The van der Waals surface area contributed by atoms with Crippen LogP contribution >= 0.6 is 0 Å². The Morgan fingerprint density at radius 1 is 1.11 bits per heavy atom. The molecule has 3 rings (SSSR count). The number of aromatic carboxylic acids is 1. The van der Waals surface area contributed by atoms with Crippen LogP contribution in [0.2, 0.25) is 0 Å². The van der Waals surface area contributed by atoms with E-state index < -0.39 is 5.97 Å². The molecule has 0 unspecified atom stereocenters. The van der Waals surface area contributed by atoms with Gasteiger partial charge in [0.15, 0.2) is 0 Å². The molecule has 1 aliphatic heterocycles. The number of amides is 1. The van der Waals surface area contributed by atoms with E-state index in [1.807, 2.05) is 13.0 Å². The van der Waals surface area contributed by atoms with Crippen molar-refractivity contribution in [2.75, 3.05) is 18.0 Å². The van der Waals surface area contributed by atoms with Gasteiger partial charge in [-0.05, 0) is 55.0 Å². The fourth-order valence-electron chi connectivity index (χ4n) is 3.75. The second-order valence-electron chi connectivity index (χ2n) is 7.21. The van der Waals surface area contributed by atoms with Crippen molar-refractivity contribution in [1.29, 1.82) is 0 Å². The van der Waals surface area contributed by atoms with Crippen LogP contribution in [-0.2, 0) is 4.79 Å². The van der Waals surface area contributed by atoms with Gasteiger partial charge < -0.3 is 15.3 Å². The minimum absolute atomic E-state index is 0.0138. The van der Waals surface area contributed by atoms with Crippen molar-refractivity contribution in [1.82, 2.24) is 5.32 Å². The lowest BCUT2D eigenvalue weighted by molar-refractivity contribution is -0.119. The lowest BCUT2D eigenvalue weighted by atomic mass is 9.88. The average molecular weight is 366 g/mol. The predicted octanol–water partition coefficient (Wildman–Crippen LogP) is 3.97. The number of carboxylic acid groups (broad SMARTS) is 1. The van der Waals surface area contributed by atoms with Crippen molar-refractivity contribution in [3.63, 3.8) is 0 Å². The van der Waals surface area contributed by atoms with Crippen LogP contribution in [0.15, 0.2) is 48.5 Å². The predicted molar refractivity (Wildman–Crippen MR) is 106 cm³/mol. The maximum Gasteiger partial charge on any atom is 0.335 e. The molecule has 2 aromatic rings. The molecule has 1 fully saturated rings. The van der Waals surface area contributed by atoms with E-state index in [4.69, 9.17) is 5.11 Å². The minimum atomic E-state index is -0.889. The third-order valence-electron chi connectivity index (χ3n) is 5.28. The fourth-order valence-corrected chi connectivity index (χ4v) is 3.75. The minimum Gasteiger partial charge on any atom is -0.478 e. The zero-order chi connectivity index (χ0) is 19.4. The molecule has 0 bridgehead atoms. The SMILES string of the molecule is CC(=O)N[C@@H](C)c1ccc(C2CCN(c3cccc(C(=O)O)c3)CC2)cc1. The summed E-state index contributed by atoms with van der Waals surface area (Å²) in [5.41, 5.74) is 3.75. The Morgan fingerprint density at radius 2 is 1.78 bits per heavy atom. The summed E-state index contributed by atoms with van der Waals surface area (Å²) in [4.78, 5) is 24.6. The van der Waals surface area contributed by atoms with E-state index in [9.17, 15) is 9.59 Å². The first-order chi connectivity index (χ1) is 12.9. The number of rotatable bonds is 5. The first-order valence-corrected chi connectivity index (χ1v) is 9.39. The Bertz CT molecular complexity index is 809. The van der Waals surface area contributed by atoms with Gasteiger partial charge in [-0.2, -0.15) is 0 Å². The molecule has 1 atom stereocenters. The summed E-state index contributed by atoms with van der Waals surface area (Å²) in [6.07, 6.45) is 2.08. The van der Waals surface area contributed by atoms with Crippen molar-refractivity contribution in [2.24, 2.45) is 0 Å². The van der Waals surface area contributed by atoms with Gasteiger partial charge in [-0.1, -0.05) is 30.3 Å². The van der Waals surface area contributed by atoms with Crippen LogP contribution in [-0.4, -0.2) is 30.1 Å². The number of nitrogens with one attached hydrogen (secondary N) is 1. The largest absolute Gasteiger partial charge is 0.478 e. The summed E-state index contributed by atoms with van der Waals surface area (Å²) in [5.74, 6) is -0.403. The molecule has 5 nitrogen and oxygen atoms in total. The number of piperidine rings is 1. The van der Waals surface area contributed by atoms with E-state index in [2.05, 4.69) is 34.5 Å². The number of carbonyl (C=O) groups is 2. The Labute approximate surface area is 160 Å². The number of hydrogen-bond acceptors (Lipinski definition) is 3. The highest BCUT2D eigenvalue weighted by Crippen LogP contribution is 2.31. The second-order valence-corrected chi connectivity index (χ2v) is 7.21. The van der Waals surface area contributed by atoms with Gasteiger partial charge in [0.1, 0.15) is 0 Å². The summed E-state index contributed by atoms with van der Waals surface area (Å²) >= 11 is 0. The number of benzene rings is 2. The van der Waals surface area contributed by atoms with Crippen LogP contribution in [0.5, 0.6) is 0 Å². The smallest absolute Gasteiger partial charge is 0.335 e. The quantitative estimate of drug-likeness (QED) is 0.840. The van der Waals surface area contributed by atoms with Crippen LogP contribution in [0.25, 0.3) is 0 Å². The van der Waals surface area contributed by atoms with Crippen molar-refractivity contribution in [3.8, 4) is 0 Å². The van der Waals surface area contributed by atoms with Gasteiger partial charge in [-0.3, -0.25) is 4.79 Å². The van der Waals surface area contributed by atoms with Gasteiger partial charge in [0.05, 0.1) is 11.6 Å². The summed E-state index contributed by atoms with van der Waals surface area (Å²) in [6, 6.07) is 15.7. The van der Waals surface area contributed by atoms with E-state index in [1.165, 1.54) is 12.5 Å². The highest BCUT2D eigenvalue weighted by atomic mass is 16.4. The topological polar surface area (TPSA) is 69.6 Å². The fraction of sp³-hybridized carbons (Fsp3) is 0.364. The Kier molecular flexibility index (Phi) is 5.79. The molecular weight excluding hydrogens is 340 g/mol. The first-order valence-electron chi connectivity index (χ1n) is 9.39. The lowest BCUT2D eigenvalue weighted by Crippen LogP contribution is -2.33. The molecule has 2 aromatic carbocycles. The average Bonchev–Trinajstić information content (AvgIpc) is 2.68. The third-order valence-corrected chi connectivity index (χ3v) is 5.28. The number of hydrogen-bond donors (Lipinski definition) is 2. The molecule has 142 valence electrons. The molecule has 1 aliphatic rings. The second kappa shape index (κ2) is 8.25. The van der Waals surface area contributed by atoms with Gasteiger partial charge in [0, 0.05) is 25.7 Å². The lowest BCUT2D eigenvalue weighted by Gasteiger charge is -2.34. The van der Waals surface area contributed by atoms with Crippen LogP contribution in [0, 0.1) is 0 Å². The molecule has 0 aromatic heterocycles. The van der Waals surface area contributed by atoms with Crippen molar-refractivity contribution >= 4 is 17.6 Å². The highest BCUT2D eigenvalue weighted by molar-refractivity contribution is 5.88. The van der Waals surface area contributed by atoms with Crippen LogP contribution in [0.3, 0.4) is 0 Å². The Morgan fingerprint density at radius 3 is 2.37 bits per heavy atom. The molecule has 0 saturated carbocycles. The van der Waals surface area contributed by atoms with Crippen LogP contribution in [0.4, 0.5) is 5.69 Å². The van der Waals surface area contributed by atoms with Crippen molar-refractivity contribution in [2.45, 2.75) is 38.6 Å². The van der Waals surface area contributed by atoms with Gasteiger partial charge in [0.2, 0.25) is 5.91 Å². The number of nitrogens with zero attached hydrogens (tertiary/aromatic N) is 1. The molecule has 1 amide bonds. The zero-order valence-electron chi connectivity index (χ0n) is 15.8. The summed E-state index contributed by atoms with van der Waals surface area (Å²) in [7, 11) is 0. The maximum absolute atomic E-state index is 11.2. The van der Waals surface area contributed by atoms with Gasteiger partial charge in [0.25, 0.3) is 0 Å². The molecule has 5 heteroatoms. The molecule has 0 aliphatic carbocycles. The molecule has 1 saturated heterocycles. The van der Waals surface area contributed by atoms with E-state index in [0.29, 0.717) is 11.5 Å². The molecular formula is C22H26N2O3. The summed E-state index contributed by atoms with van der Waals surface area (Å²) in [5, 5.41) is 12.1. The molecule has 0 radical (unpaired) electrons. The summed E-state index contributed by atoms with van der Waals surface area (Å²) < 4.78 is 0. The van der Waals surface area contributed by atoms with Gasteiger partial charge in [-0.25, -0.2) is 4.79 Å². The Hall–Kier alpha value is -2.82. The molecule has 0 spiro atoms. The third kappa shape index (κ3) is 4.67. The Balaban J connectivity index is 1.61. The number of anilines is 1. The van der Waals surface area contributed by atoms with E-state index >= 15 is 0 Å². The van der Waals surface area contributed by atoms with Crippen molar-refractivity contribution in [3.05, 3.63) is 65.2 Å². The van der Waals surface area contributed by atoms with E-state index in [-0.39, 0.29) is 11.9 Å². The van der Waals surface area contributed by atoms with Crippen LogP contribution in [0.1, 0.15) is 60.1 Å². The number of carbonyl (C=O) groups excluding carboxylic acids is 1. The zero-order valence-corrected chi connectivity index (χ0v) is 15.8. The highest BCUT2D eigenvalue weighted by Gasteiger charge is 2.21. The van der Waals surface area contributed by atoms with E-state index in [1.54, 1.807) is 18.2 Å². The molecule has 1 heterocycles. The standard InChI is InChI=1S/C22H26N2O3/c1-15(23-16(2)25)17-6-8-18(9-7-17)19-10-12-24(13-11-19)21-5-3-4-20(14-21)22(26)27/h3-9,14-15,19H,10-13H2,1-2H3,(H,23,25)(H,26,27)/t15-/m0/s1. The maximum atomic E-state index is 11.2. The van der Waals surface area contributed by atoms with E-state index in [0.717, 1.165) is 37.2 Å². The molecule has 2 N–H and O–H groups in total. The number of carboxylic acids is 1. The molecule has 27 heavy (non-hydrogen) atoms. The summed E-state index contributed by atoms with van der Waals surface area (Å²) in [6.45, 7) is 5.35. The van der Waals surface area contributed by atoms with Gasteiger partial charge >= 0.3 is 5.97 Å².